The van der Waals surface area contributed by atoms with E-state index >= 15 is 0 Å². The van der Waals surface area contributed by atoms with Gasteiger partial charge in [-0.2, -0.15) is 9.21 Å². The highest BCUT2D eigenvalue weighted by atomic mass is 32.2. The molecule has 0 bridgehead atoms. The predicted molar refractivity (Wildman–Crippen MR) is 48.6 cm³/mol. The maximum atomic E-state index is 4.03. The highest BCUT2D eigenvalue weighted by molar-refractivity contribution is 8.28. The maximum Gasteiger partial charge on any atom is 0.0470 e. The molecule has 3 heteroatoms. The van der Waals surface area contributed by atoms with Crippen LogP contribution in [0.2, 0.25) is 0 Å². The minimum Gasteiger partial charge on any atom is -0.257 e. The molecular formula is C6H10N2S. The average molecular weight is 142 g/mol. The van der Waals surface area contributed by atoms with Gasteiger partial charge in [0.05, 0.1) is 0 Å². The summed E-state index contributed by atoms with van der Waals surface area (Å²) in [7, 11) is -0.765. The first kappa shape index (κ1) is 6.55. The Hall–Kier alpha value is -0.570. The number of aliphatic imine (C=N–C) groups is 2. The predicted octanol–water partition coefficient (Wildman–Crippen LogP) is 0.725. The molecule has 0 aromatic heterocycles. The molecule has 1 heterocycles. The van der Waals surface area contributed by atoms with Crippen LogP contribution < -0.4 is 0 Å². The van der Waals surface area contributed by atoms with Crippen molar-refractivity contribution in [3.05, 3.63) is 0 Å². The van der Waals surface area contributed by atoms with Gasteiger partial charge < -0.3 is 0 Å². The van der Waals surface area contributed by atoms with Crippen molar-refractivity contribution in [2.24, 2.45) is 9.98 Å². The second-order valence-electron chi connectivity index (χ2n) is 2.29. The van der Waals surface area contributed by atoms with Gasteiger partial charge in [-0.3, -0.25) is 9.98 Å². The Kier molecular flexibility index (Phi) is 1.71. The van der Waals surface area contributed by atoms with Gasteiger partial charge in [0.25, 0.3) is 0 Å². The monoisotopic (exact) mass is 142 g/mol. The van der Waals surface area contributed by atoms with E-state index in [9.17, 15) is 0 Å². The molecule has 0 N–H and O–H groups in total. The summed E-state index contributed by atoms with van der Waals surface area (Å²) in [4.78, 5) is 8.06. The molecule has 0 saturated heterocycles. The van der Waals surface area contributed by atoms with Crippen molar-refractivity contribution in [2.45, 2.75) is 0 Å². The first-order valence-corrected chi connectivity index (χ1v) is 5.23. The molecule has 0 atom stereocenters. The molecule has 9 heavy (non-hydrogen) atoms. The summed E-state index contributed by atoms with van der Waals surface area (Å²) in [5.41, 5.74) is 3.92. The molecular weight excluding hydrogens is 132 g/mol. The van der Waals surface area contributed by atoms with Gasteiger partial charge in [0.15, 0.2) is 0 Å². The van der Waals surface area contributed by atoms with Gasteiger partial charge in [-0.15, -0.1) is 0 Å². The first-order chi connectivity index (χ1) is 4.21. The fourth-order valence-electron chi connectivity index (χ4n) is 0.488. The standard InChI is InChI=1S/C6H10N2S/c1-9(2)5-7-3-4-8-6-9/h3-6H,1-2H3. The summed E-state index contributed by atoms with van der Waals surface area (Å²) >= 11 is 0. The molecule has 1 aliphatic heterocycles. The molecule has 2 nitrogen and oxygen atoms in total. The van der Waals surface area contributed by atoms with Crippen molar-refractivity contribution in [3.63, 3.8) is 0 Å². The number of hydrogen-bond donors (Lipinski definition) is 0. The summed E-state index contributed by atoms with van der Waals surface area (Å²) < 4.78 is 0. The molecule has 0 aliphatic carbocycles. The highest BCUT2D eigenvalue weighted by Crippen LogP contribution is 2.10. The lowest BCUT2D eigenvalue weighted by Gasteiger charge is -1.95. The van der Waals surface area contributed by atoms with Crippen LogP contribution in [0, 0.1) is 0 Å². The number of rotatable bonds is 0. The zero-order valence-corrected chi connectivity index (χ0v) is 6.43. The summed E-state index contributed by atoms with van der Waals surface area (Å²) in [6.07, 6.45) is 7.70. The van der Waals surface area contributed by atoms with E-state index in [1.54, 1.807) is 12.4 Å². The fourth-order valence-corrected chi connectivity index (χ4v) is 1.31. The van der Waals surface area contributed by atoms with Crippen LogP contribution in [-0.2, 0) is 0 Å². The maximum absolute atomic E-state index is 4.03. The second-order valence-corrected chi connectivity index (χ2v) is 5.69. The molecule has 0 aromatic carbocycles. The van der Waals surface area contributed by atoms with Crippen LogP contribution in [0.4, 0.5) is 0 Å². The average Bonchev–Trinajstić information content (AvgIpc) is 1.92. The van der Waals surface area contributed by atoms with Crippen molar-refractivity contribution in [3.8, 4) is 0 Å². The largest absolute Gasteiger partial charge is 0.257 e. The molecule has 0 aromatic rings. The minimum atomic E-state index is -0.765. The van der Waals surface area contributed by atoms with E-state index in [2.05, 4.69) is 22.5 Å². The fraction of sp³-hybridized carbons (Fsp3) is 0.333. The summed E-state index contributed by atoms with van der Waals surface area (Å²) in [6, 6.07) is 0. The minimum absolute atomic E-state index is 0.765. The Labute approximate surface area is 55.8 Å². The van der Waals surface area contributed by atoms with Crippen LogP contribution >= 0.6 is 9.21 Å². The molecule has 0 unspecified atom stereocenters. The molecule has 0 saturated carbocycles. The molecule has 0 spiro atoms. The van der Waals surface area contributed by atoms with Gasteiger partial charge in [-0.1, -0.05) is 0 Å². The number of hydrogen-bond acceptors (Lipinski definition) is 2. The topological polar surface area (TPSA) is 24.7 Å². The van der Waals surface area contributed by atoms with E-state index in [1.165, 1.54) is 0 Å². The molecule has 1 aliphatic rings. The first-order valence-electron chi connectivity index (χ1n) is 2.65. The Morgan fingerprint density at radius 1 is 1.00 bits per heavy atom. The lowest BCUT2D eigenvalue weighted by molar-refractivity contribution is 1.87. The lowest BCUT2D eigenvalue weighted by atomic mass is 10.8. The van der Waals surface area contributed by atoms with E-state index in [0.29, 0.717) is 0 Å². The SMILES string of the molecule is CS1(C)=CN=CC=NC=1. The Morgan fingerprint density at radius 3 is 1.89 bits per heavy atom. The molecule has 0 radical (unpaired) electrons. The van der Waals surface area contributed by atoms with Gasteiger partial charge >= 0.3 is 0 Å². The van der Waals surface area contributed by atoms with E-state index in [4.69, 9.17) is 0 Å². The zero-order valence-electron chi connectivity index (χ0n) is 5.61. The van der Waals surface area contributed by atoms with E-state index in [-0.39, 0.29) is 0 Å². The van der Waals surface area contributed by atoms with Gasteiger partial charge in [0.1, 0.15) is 0 Å². The van der Waals surface area contributed by atoms with Crippen molar-refractivity contribution < 1.29 is 0 Å². The Bertz CT molecular complexity index is 233. The quantitative estimate of drug-likeness (QED) is 0.445. The van der Waals surface area contributed by atoms with Gasteiger partial charge in [0.2, 0.25) is 0 Å². The summed E-state index contributed by atoms with van der Waals surface area (Å²) in [6.45, 7) is 0. The lowest BCUT2D eigenvalue weighted by Crippen LogP contribution is -1.75. The molecule has 0 amide bonds. The van der Waals surface area contributed by atoms with Crippen LogP contribution in [-0.4, -0.2) is 35.9 Å². The smallest absolute Gasteiger partial charge is 0.0470 e. The van der Waals surface area contributed by atoms with Gasteiger partial charge in [0, 0.05) is 23.4 Å². The summed E-state index contributed by atoms with van der Waals surface area (Å²) in [5, 5.41) is 0. The third kappa shape index (κ3) is 2.01. The Morgan fingerprint density at radius 2 is 1.44 bits per heavy atom. The van der Waals surface area contributed by atoms with Crippen LogP contribution in [0.3, 0.4) is 0 Å². The third-order valence-corrected chi connectivity index (χ3v) is 2.23. The van der Waals surface area contributed by atoms with Crippen LogP contribution in [0.1, 0.15) is 0 Å². The van der Waals surface area contributed by atoms with E-state index in [1.807, 2.05) is 11.0 Å². The van der Waals surface area contributed by atoms with E-state index in [0.717, 1.165) is 0 Å². The van der Waals surface area contributed by atoms with Crippen LogP contribution in [0.25, 0.3) is 0 Å². The van der Waals surface area contributed by atoms with E-state index < -0.39 is 9.21 Å². The highest BCUT2D eigenvalue weighted by Gasteiger charge is 1.83. The number of nitrogens with zero attached hydrogens (tertiary/aromatic N) is 2. The molecule has 1 rings (SSSR count). The second kappa shape index (κ2) is 2.35. The zero-order chi connectivity index (χ0) is 6.74. The van der Waals surface area contributed by atoms with Crippen molar-refractivity contribution in [1.29, 1.82) is 0 Å². The van der Waals surface area contributed by atoms with Gasteiger partial charge in [-0.25, -0.2) is 0 Å². The van der Waals surface area contributed by atoms with Crippen molar-refractivity contribution >= 4 is 32.6 Å². The van der Waals surface area contributed by atoms with Gasteiger partial charge in [-0.05, 0) is 12.5 Å². The van der Waals surface area contributed by atoms with Crippen molar-refractivity contribution in [2.75, 3.05) is 12.5 Å². The Balaban J connectivity index is 3.18. The van der Waals surface area contributed by atoms with Crippen molar-refractivity contribution in [1.82, 2.24) is 0 Å². The molecule has 50 valence electrons. The van der Waals surface area contributed by atoms with Crippen LogP contribution in [0.15, 0.2) is 9.98 Å². The molecule has 0 fully saturated rings. The van der Waals surface area contributed by atoms with Crippen LogP contribution in [0.5, 0.6) is 0 Å². The third-order valence-electron chi connectivity index (χ3n) is 0.904. The summed E-state index contributed by atoms with van der Waals surface area (Å²) in [5.74, 6) is 0. The normalized spacial score (nSPS) is 22.0.